The summed E-state index contributed by atoms with van der Waals surface area (Å²) < 4.78 is 8.44. The van der Waals surface area contributed by atoms with Gasteiger partial charge in [0.05, 0.1) is 6.04 Å². The molecule has 0 aromatic heterocycles. The van der Waals surface area contributed by atoms with Gasteiger partial charge >= 0.3 is 0 Å². The summed E-state index contributed by atoms with van der Waals surface area (Å²) in [7, 11) is -3.09. The highest BCUT2D eigenvalue weighted by Gasteiger charge is 2.76. The van der Waals surface area contributed by atoms with Crippen LogP contribution in [-0.4, -0.2) is 28.5 Å². The first-order valence-corrected chi connectivity index (χ1v) is 10.3. The SMILES string of the molecule is CC[C@@H](C#N)[P+]1([O-])OC2C(C3CCC2(C)C3(C)C)N1C(C)C. The molecule has 2 aliphatic carbocycles. The third-order valence-electron chi connectivity index (χ3n) is 7.07. The molecular weight excluding hydrogens is 295 g/mol. The number of rotatable bonds is 3. The molecule has 0 aromatic carbocycles. The van der Waals surface area contributed by atoms with Crippen molar-refractivity contribution in [1.29, 1.82) is 5.26 Å². The molecule has 3 rings (SSSR count). The lowest BCUT2D eigenvalue weighted by molar-refractivity contribution is -0.207. The number of nitriles is 1. The van der Waals surface area contributed by atoms with Crippen molar-refractivity contribution in [1.82, 2.24) is 4.67 Å². The molecule has 1 saturated heterocycles. The van der Waals surface area contributed by atoms with Gasteiger partial charge in [0.25, 0.3) is 0 Å². The van der Waals surface area contributed by atoms with Gasteiger partial charge in [-0.3, -0.25) is 0 Å². The predicted molar refractivity (Wildman–Crippen MR) is 86.9 cm³/mol. The van der Waals surface area contributed by atoms with Crippen molar-refractivity contribution in [3.05, 3.63) is 0 Å². The lowest BCUT2D eigenvalue weighted by Gasteiger charge is -2.42. The monoisotopic (exact) mass is 324 g/mol. The maximum Gasteiger partial charge on any atom is 0.192 e. The summed E-state index contributed by atoms with van der Waals surface area (Å²) >= 11 is 0. The molecule has 6 atom stereocenters. The van der Waals surface area contributed by atoms with Crippen LogP contribution in [0.3, 0.4) is 0 Å². The van der Waals surface area contributed by atoms with Crippen molar-refractivity contribution in [3.8, 4) is 6.07 Å². The highest BCUT2D eigenvalue weighted by Crippen LogP contribution is 2.79. The van der Waals surface area contributed by atoms with Crippen LogP contribution in [0.25, 0.3) is 0 Å². The Bertz CT molecular complexity index is 517. The van der Waals surface area contributed by atoms with Gasteiger partial charge in [0.1, 0.15) is 12.2 Å². The van der Waals surface area contributed by atoms with Crippen molar-refractivity contribution >= 4 is 7.87 Å². The van der Waals surface area contributed by atoms with Crippen molar-refractivity contribution in [3.63, 3.8) is 0 Å². The van der Waals surface area contributed by atoms with E-state index in [9.17, 15) is 10.2 Å². The molecule has 0 spiro atoms. The molecule has 0 aromatic rings. The van der Waals surface area contributed by atoms with E-state index in [1.165, 1.54) is 6.42 Å². The number of hydrogen-bond acceptors (Lipinski definition) is 4. The minimum atomic E-state index is -3.09. The first-order valence-electron chi connectivity index (χ1n) is 8.61. The molecule has 0 amide bonds. The molecule has 5 heteroatoms. The van der Waals surface area contributed by atoms with Crippen LogP contribution in [0.5, 0.6) is 0 Å². The van der Waals surface area contributed by atoms with E-state index in [1.54, 1.807) is 0 Å². The molecule has 2 saturated carbocycles. The molecule has 0 radical (unpaired) electrons. The van der Waals surface area contributed by atoms with Gasteiger partial charge in [-0.15, -0.1) is 4.67 Å². The Labute approximate surface area is 135 Å². The second-order valence-electron chi connectivity index (χ2n) is 8.39. The Morgan fingerprint density at radius 2 is 2.05 bits per heavy atom. The van der Waals surface area contributed by atoms with Crippen molar-refractivity contribution in [2.75, 3.05) is 0 Å². The number of fused-ring (bicyclic) bond motifs is 5. The third kappa shape index (κ3) is 1.72. The van der Waals surface area contributed by atoms with Gasteiger partial charge in [-0.2, -0.15) is 5.26 Å². The van der Waals surface area contributed by atoms with E-state index in [2.05, 4.69) is 45.4 Å². The van der Waals surface area contributed by atoms with Crippen LogP contribution in [0.1, 0.15) is 60.8 Å². The summed E-state index contributed by atoms with van der Waals surface area (Å²) in [6.45, 7) is 13.1. The highest BCUT2D eigenvalue weighted by atomic mass is 31.2. The smallest absolute Gasteiger partial charge is 0.192 e. The topological polar surface area (TPSA) is 59.3 Å². The van der Waals surface area contributed by atoms with Crippen LogP contribution >= 0.6 is 7.87 Å². The average Bonchev–Trinajstić information content (AvgIpc) is 2.90. The van der Waals surface area contributed by atoms with Crippen LogP contribution in [0.2, 0.25) is 0 Å². The molecule has 5 unspecified atom stereocenters. The van der Waals surface area contributed by atoms with E-state index >= 15 is 0 Å². The minimum Gasteiger partial charge on any atom is -0.640 e. The number of nitrogens with zero attached hydrogens (tertiary/aromatic N) is 2. The van der Waals surface area contributed by atoms with Gasteiger partial charge in [-0.05, 0) is 44.4 Å². The fourth-order valence-corrected chi connectivity index (χ4v) is 8.62. The van der Waals surface area contributed by atoms with Gasteiger partial charge in [0.2, 0.25) is 0 Å². The van der Waals surface area contributed by atoms with Gasteiger partial charge in [-0.25, -0.2) is 4.52 Å². The Morgan fingerprint density at radius 3 is 2.55 bits per heavy atom. The van der Waals surface area contributed by atoms with Crippen molar-refractivity contribution in [2.24, 2.45) is 16.7 Å². The molecular formula is C17H29N2O2P. The highest BCUT2D eigenvalue weighted by molar-refractivity contribution is 7.63. The molecule has 3 fully saturated rings. The zero-order chi connectivity index (χ0) is 16.5. The Morgan fingerprint density at radius 1 is 1.41 bits per heavy atom. The fourth-order valence-electron chi connectivity index (χ4n) is 5.46. The van der Waals surface area contributed by atoms with Crippen LogP contribution in [0.15, 0.2) is 0 Å². The summed E-state index contributed by atoms with van der Waals surface area (Å²) in [5.74, 6) is 0.511. The Hall–Kier alpha value is -0.200. The Kier molecular flexibility index (Phi) is 3.71. The van der Waals surface area contributed by atoms with E-state index < -0.39 is 13.5 Å². The van der Waals surface area contributed by atoms with Gasteiger partial charge in [0.15, 0.2) is 13.5 Å². The fraction of sp³-hybridized carbons (Fsp3) is 0.941. The predicted octanol–water partition coefficient (Wildman–Crippen LogP) is 3.35. The molecule has 2 bridgehead atoms. The van der Waals surface area contributed by atoms with E-state index in [-0.39, 0.29) is 29.0 Å². The van der Waals surface area contributed by atoms with Crippen LogP contribution < -0.4 is 4.89 Å². The van der Waals surface area contributed by atoms with E-state index in [4.69, 9.17) is 4.52 Å². The molecule has 124 valence electrons. The lowest BCUT2D eigenvalue weighted by atomic mass is 9.70. The standard InChI is InChI=1S/C17H29N2O2P/c1-7-12(10-18)22(20)19(11(2)3)14-13-8-9-17(6,15(14)21-22)16(13,4)5/h11-15H,7-9H2,1-6H3/t12-,13?,14?,15?,17?,22?/m0/s1. The van der Waals surface area contributed by atoms with Crippen molar-refractivity contribution in [2.45, 2.75) is 84.7 Å². The third-order valence-corrected chi connectivity index (χ3v) is 10.2. The first-order chi connectivity index (χ1) is 10.1. The van der Waals surface area contributed by atoms with E-state index in [0.717, 1.165) is 6.42 Å². The normalized spacial score (nSPS) is 47.7. The summed E-state index contributed by atoms with van der Waals surface area (Å²) in [4.78, 5) is 13.7. The average molecular weight is 324 g/mol. The lowest BCUT2D eigenvalue weighted by Crippen LogP contribution is -2.47. The molecule has 1 heterocycles. The molecule has 22 heavy (non-hydrogen) atoms. The summed E-state index contributed by atoms with van der Waals surface area (Å²) in [6.07, 6.45) is 2.92. The Balaban J connectivity index is 2.07. The minimum absolute atomic E-state index is 0.0110. The van der Waals surface area contributed by atoms with Gasteiger partial charge in [0, 0.05) is 11.5 Å². The largest absolute Gasteiger partial charge is 0.640 e. The second kappa shape index (κ2) is 4.90. The van der Waals surface area contributed by atoms with Crippen LogP contribution in [0.4, 0.5) is 0 Å². The molecule has 4 nitrogen and oxygen atoms in total. The van der Waals surface area contributed by atoms with E-state index in [0.29, 0.717) is 12.3 Å². The summed E-state index contributed by atoms with van der Waals surface area (Å²) in [5.41, 5.74) is -0.239. The van der Waals surface area contributed by atoms with Crippen LogP contribution in [-0.2, 0) is 4.52 Å². The van der Waals surface area contributed by atoms with Crippen LogP contribution in [0, 0.1) is 28.1 Å². The zero-order valence-electron chi connectivity index (χ0n) is 14.7. The molecule has 1 aliphatic heterocycles. The first kappa shape index (κ1) is 16.7. The summed E-state index contributed by atoms with van der Waals surface area (Å²) in [5, 5.41) is 9.50. The van der Waals surface area contributed by atoms with Gasteiger partial charge < -0.3 is 4.89 Å². The van der Waals surface area contributed by atoms with Crippen molar-refractivity contribution < 1.29 is 9.42 Å². The molecule has 0 N–H and O–H groups in total. The second-order valence-corrected chi connectivity index (χ2v) is 10.8. The summed E-state index contributed by atoms with van der Waals surface area (Å²) in [6, 6.07) is 2.61. The maximum absolute atomic E-state index is 13.7. The number of hydrogen-bond donors (Lipinski definition) is 0. The van der Waals surface area contributed by atoms with E-state index in [1.807, 2.05) is 6.92 Å². The zero-order valence-corrected chi connectivity index (χ0v) is 15.6. The molecule has 3 aliphatic rings. The maximum atomic E-state index is 13.7. The van der Waals surface area contributed by atoms with Gasteiger partial charge in [-0.1, -0.05) is 27.7 Å². The quantitative estimate of drug-likeness (QED) is 0.747.